The second-order valence-corrected chi connectivity index (χ2v) is 21.8. The molecule has 0 aromatic carbocycles. The Hall–Kier alpha value is -0.940. The van der Waals surface area contributed by atoms with Crippen LogP contribution in [0.2, 0.25) is 0 Å². The largest absolute Gasteiger partial charge is 0.388 e. The molecule has 0 aromatic rings. The molecule has 2 saturated carbocycles. The topological polar surface area (TPSA) is 179 Å². The van der Waals surface area contributed by atoms with Crippen LogP contribution in [0.1, 0.15) is 106 Å². The molecule has 17 heteroatoms. The van der Waals surface area contributed by atoms with Gasteiger partial charge in [0.2, 0.25) is 0 Å². The van der Waals surface area contributed by atoms with Gasteiger partial charge in [-0.1, -0.05) is 25.5 Å². The quantitative estimate of drug-likeness (QED) is 0.261. The van der Waals surface area contributed by atoms with E-state index in [2.05, 4.69) is 26.8 Å². The third-order valence-electron chi connectivity index (χ3n) is 18.3. The minimum Gasteiger partial charge on any atom is -0.388 e. The highest BCUT2D eigenvalue weighted by Crippen LogP contribution is 2.76. The molecule has 10 rings (SSSR count). The lowest BCUT2D eigenvalue weighted by Crippen LogP contribution is -2.61. The molecule has 7 aliphatic heterocycles. The van der Waals surface area contributed by atoms with Gasteiger partial charge in [-0.15, -0.1) is 0 Å². The van der Waals surface area contributed by atoms with Crippen LogP contribution in [0.5, 0.6) is 0 Å². The number of ether oxygens (including phenoxy) is 15. The Bertz CT molecular complexity index is 1760. The summed E-state index contributed by atoms with van der Waals surface area (Å²) in [6.45, 7) is 15.2. The van der Waals surface area contributed by atoms with Gasteiger partial charge in [0, 0.05) is 59.0 Å². The molecule has 66 heavy (non-hydrogen) atoms. The van der Waals surface area contributed by atoms with Crippen molar-refractivity contribution in [3.63, 3.8) is 0 Å². The molecule has 2 bridgehead atoms. The number of methoxy groups -OCH3 is 4. The number of hydrogen-bond acceptors (Lipinski definition) is 17. The van der Waals surface area contributed by atoms with Crippen molar-refractivity contribution in [1.29, 1.82) is 0 Å². The highest BCUT2D eigenvalue weighted by atomic mass is 16.8. The Labute approximate surface area is 390 Å². The maximum Gasteiger partial charge on any atom is 0.187 e. The summed E-state index contributed by atoms with van der Waals surface area (Å²) in [6.07, 6.45) is -0.0918. The summed E-state index contributed by atoms with van der Waals surface area (Å²) in [7, 11) is 6.41. The maximum absolute atomic E-state index is 10.9. The molecule has 0 aromatic heterocycles. The number of fused-ring (bicyclic) bond motifs is 3. The van der Waals surface area contributed by atoms with Crippen LogP contribution in [0.15, 0.2) is 11.6 Å². The normalized spacial score (nSPS) is 56.7. The first-order valence-electron chi connectivity index (χ1n) is 24.9. The molecule has 376 valence electrons. The van der Waals surface area contributed by atoms with E-state index in [-0.39, 0.29) is 41.3 Å². The number of aliphatic hydroxyl groups is 2. The van der Waals surface area contributed by atoms with Crippen LogP contribution in [-0.2, 0) is 71.1 Å². The van der Waals surface area contributed by atoms with Gasteiger partial charge in [-0.3, -0.25) is 0 Å². The van der Waals surface area contributed by atoms with Crippen molar-refractivity contribution in [2.75, 3.05) is 35.0 Å². The lowest BCUT2D eigenvalue weighted by molar-refractivity contribution is -0.359. The van der Waals surface area contributed by atoms with Crippen LogP contribution in [0.4, 0.5) is 0 Å². The van der Waals surface area contributed by atoms with E-state index in [1.54, 1.807) is 28.3 Å². The summed E-state index contributed by atoms with van der Waals surface area (Å²) >= 11 is 0. The second kappa shape index (κ2) is 18.3. The Kier molecular flexibility index (Phi) is 13.5. The fraction of sp³-hybridized carbons (Fsp3) is 0.959. The molecular weight excluding hydrogens is 861 g/mol. The van der Waals surface area contributed by atoms with E-state index in [1.165, 1.54) is 19.1 Å². The van der Waals surface area contributed by atoms with Crippen molar-refractivity contribution >= 4 is 0 Å². The molecule has 0 amide bonds. The van der Waals surface area contributed by atoms with Crippen LogP contribution in [0, 0.1) is 28.6 Å². The van der Waals surface area contributed by atoms with E-state index in [9.17, 15) is 10.2 Å². The van der Waals surface area contributed by atoms with E-state index in [0.29, 0.717) is 43.6 Å². The standard InChI is InChI=1S/C49H78O17/c1-23-38(50)43(55-11)39(51)45(60-23)64-42-26(4)59-37(21-33(42)54-10)63-41-25(3)58-36(20-32(41)53-9)62-40-24(2)57-35(19-31(40)52-8)61-28-14-16-46(5)27(18-28)12-13-30-29(46)15-17-47(6)44-34-22-56-48(44,7)66-49(30,47)65-34/h12,23-26,28-45,50-51H,13-22H2,1-11H3/t23?,24?,25?,26?,28-,29-,30+,31+,32+,33+,34+,35-,36-,37-,38+,39?,40+,41+,42+,43-,44-,45-,46-,47+,48+,49-/m0/s1. The lowest BCUT2D eigenvalue weighted by Gasteiger charge is -2.59. The molecule has 5 unspecified atom stereocenters. The summed E-state index contributed by atoms with van der Waals surface area (Å²) in [5.74, 6) is -0.0208. The van der Waals surface area contributed by atoms with Crippen molar-refractivity contribution in [2.24, 2.45) is 28.6 Å². The number of allylic oxidation sites excluding steroid dienone is 1. The van der Waals surface area contributed by atoms with E-state index in [1.807, 2.05) is 20.8 Å². The average Bonchev–Trinajstić information content (AvgIpc) is 3.77. The first-order valence-corrected chi connectivity index (χ1v) is 24.9. The zero-order chi connectivity index (χ0) is 46.7. The zero-order valence-electron chi connectivity index (χ0n) is 40.9. The molecule has 10 aliphatic rings. The molecule has 3 aliphatic carbocycles. The first-order chi connectivity index (χ1) is 31.5. The summed E-state index contributed by atoms with van der Waals surface area (Å²) in [5.41, 5.74) is 1.56. The molecule has 0 radical (unpaired) electrons. The summed E-state index contributed by atoms with van der Waals surface area (Å²) in [4.78, 5) is 0. The monoisotopic (exact) mass is 939 g/mol. The number of hydrogen-bond donors (Lipinski definition) is 2. The Morgan fingerprint density at radius 2 is 1.20 bits per heavy atom. The molecule has 7 heterocycles. The number of aliphatic hydroxyl groups excluding tert-OH is 2. The van der Waals surface area contributed by atoms with E-state index < -0.39 is 97.8 Å². The highest BCUT2D eigenvalue weighted by Gasteiger charge is 2.83. The van der Waals surface area contributed by atoms with Crippen LogP contribution < -0.4 is 0 Å². The van der Waals surface area contributed by atoms with Crippen molar-refractivity contribution < 1.29 is 81.3 Å². The predicted octanol–water partition coefficient (Wildman–Crippen LogP) is 4.50. The molecule has 9 fully saturated rings. The van der Waals surface area contributed by atoms with Gasteiger partial charge in [-0.05, 0) is 84.5 Å². The average molecular weight is 939 g/mol. The molecule has 7 saturated heterocycles. The van der Waals surface area contributed by atoms with Gasteiger partial charge >= 0.3 is 0 Å². The van der Waals surface area contributed by atoms with E-state index >= 15 is 0 Å². The van der Waals surface area contributed by atoms with Crippen molar-refractivity contribution in [2.45, 2.75) is 235 Å². The maximum atomic E-state index is 10.9. The predicted molar refractivity (Wildman–Crippen MR) is 231 cm³/mol. The summed E-state index contributed by atoms with van der Waals surface area (Å²) < 4.78 is 95.1. The Morgan fingerprint density at radius 1 is 0.621 bits per heavy atom. The summed E-state index contributed by atoms with van der Waals surface area (Å²) in [5, 5.41) is 21.3. The third kappa shape index (κ3) is 7.84. The van der Waals surface area contributed by atoms with Gasteiger partial charge in [-0.25, -0.2) is 0 Å². The van der Waals surface area contributed by atoms with Gasteiger partial charge in [0.05, 0.1) is 67.5 Å². The van der Waals surface area contributed by atoms with Crippen molar-refractivity contribution in [1.82, 2.24) is 0 Å². The fourth-order valence-electron chi connectivity index (χ4n) is 14.9. The lowest BCUT2D eigenvalue weighted by atomic mass is 9.48. The minimum absolute atomic E-state index is 0.0225. The molecular formula is C49H78O17. The number of rotatable bonds is 12. The SMILES string of the molecule is CO[C@@H]1C(O)[C@H](O[C@@H]2C(C)O[C@@H](O[C@@H]3C(C)O[C@@H](O[C@@H]4C(C)O[C@@H](O[C@H]5CC[C@@]6(C)C(=CC[C@@H]7[C@@H]6CC[C@]6(C)[C@@H]8[C@H]9CO[C@]8(C)O[C@@]76O9)C5)C[C@H]4OC)C[C@H]3OC)C[C@H]2OC)OC(C)[C@H]1O. The smallest absolute Gasteiger partial charge is 0.187 e. The van der Waals surface area contributed by atoms with Crippen LogP contribution in [-0.4, -0.2) is 174 Å². The van der Waals surface area contributed by atoms with E-state index in [4.69, 9.17) is 71.1 Å². The van der Waals surface area contributed by atoms with Gasteiger partial charge < -0.3 is 81.3 Å². The van der Waals surface area contributed by atoms with Gasteiger partial charge in [0.1, 0.15) is 36.6 Å². The van der Waals surface area contributed by atoms with Crippen LogP contribution in [0.25, 0.3) is 0 Å². The Balaban J connectivity index is 0.720. The Morgan fingerprint density at radius 3 is 1.76 bits per heavy atom. The van der Waals surface area contributed by atoms with Crippen LogP contribution >= 0.6 is 0 Å². The molecule has 2 N–H and O–H groups in total. The third-order valence-corrected chi connectivity index (χ3v) is 18.3. The zero-order valence-corrected chi connectivity index (χ0v) is 40.9. The first kappa shape index (κ1) is 48.7. The second-order valence-electron chi connectivity index (χ2n) is 21.8. The molecule has 0 spiro atoms. The van der Waals surface area contributed by atoms with Gasteiger partial charge in [0.25, 0.3) is 0 Å². The fourth-order valence-corrected chi connectivity index (χ4v) is 14.9. The van der Waals surface area contributed by atoms with Gasteiger partial charge in [-0.2, -0.15) is 0 Å². The minimum atomic E-state index is -1.21. The van der Waals surface area contributed by atoms with Crippen molar-refractivity contribution in [3.8, 4) is 0 Å². The van der Waals surface area contributed by atoms with Crippen molar-refractivity contribution in [3.05, 3.63) is 11.6 Å². The van der Waals surface area contributed by atoms with E-state index in [0.717, 1.165) is 32.1 Å². The highest BCUT2D eigenvalue weighted by molar-refractivity contribution is 5.30. The molecule has 17 nitrogen and oxygen atoms in total. The molecule has 26 atom stereocenters. The summed E-state index contributed by atoms with van der Waals surface area (Å²) in [6, 6.07) is 0. The van der Waals surface area contributed by atoms with Crippen LogP contribution in [0.3, 0.4) is 0 Å². The van der Waals surface area contributed by atoms with Gasteiger partial charge in [0.15, 0.2) is 36.7 Å².